The summed E-state index contributed by atoms with van der Waals surface area (Å²) < 4.78 is 4.95. The summed E-state index contributed by atoms with van der Waals surface area (Å²) in [6.07, 6.45) is 0.436. The van der Waals surface area contributed by atoms with E-state index in [1.54, 1.807) is 18.7 Å². The van der Waals surface area contributed by atoms with Gasteiger partial charge < -0.3 is 4.74 Å². The summed E-state index contributed by atoms with van der Waals surface area (Å²) in [6.45, 7) is 2.24. The van der Waals surface area contributed by atoms with Gasteiger partial charge in [-0.1, -0.05) is 18.5 Å². The minimum atomic E-state index is -0.147. The SMILES string of the molecule is CCC(=O)OCCSc1ccc(Cl)cc1. The maximum Gasteiger partial charge on any atom is 0.305 e. The van der Waals surface area contributed by atoms with Crippen LogP contribution in [0.2, 0.25) is 5.02 Å². The van der Waals surface area contributed by atoms with Crippen molar-refractivity contribution in [1.29, 1.82) is 0 Å². The maximum absolute atomic E-state index is 10.8. The highest BCUT2D eigenvalue weighted by molar-refractivity contribution is 7.99. The Labute approximate surface area is 99.0 Å². The Bertz CT molecular complexity index is 311. The molecule has 0 saturated carbocycles. The second kappa shape index (κ2) is 6.75. The molecule has 0 N–H and O–H groups in total. The van der Waals surface area contributed by atoms with Crippen LogP contribution in [0.5, 0.6) is 0 Å². The smallest absolute Gasteiger partial charge is 0.305 e. The van der Waals surface area contributed by atoms with Crippen molar-refractivity contribution in [2.45, 2.75) is 18.2 Å². The van der Waals surface area contributed by atoms with E-state index in [0.29, 0.717) is 13.0 Å². The van der Waals surface area contributed by atoms with Crippen LogP contribution in [0.3, 0.4) is 0 Å². The number of ether oxygens (including phenoxy) is 1. The molecule has 1 aromatic rings. The topological polar surface area (TPSA) is 26.3 Å². The minimum absolute atomic E-state index is 0.147. The van der Waals surface area contributed by atoms with Gasteiger partial charge in [0.25, 0.3) is 0 Å². The van der Waals surface area contributed by atoms with E-state index < -0.39 is 0 Å². The van der Waals surface area contributed by atoms with Crippen molar-refractivity contribution in [2.75, 3.05) is 12.4 Å². The zero-order chi connectivity index (χ0) is 11.1. The maximum atomic E-state index is 10.8. The molecule has 2 nitrogen and oxygen atoms in total. The summed E-state index contributed by atoms with van der Waals surface area (Å²) in [6, 6.07) is 7.60. The average Bonchev–Trinajstić information content (AvgIpc) is 2.26. The van der Waals surface area contributed by atoms with Crippen LogP contribution < -0.4 is 0 Å². The summed E-state index contributed by atoms with van der Waals surface area (Å²) >= 11 is 7.40. The van der Waals surface area contributed by atoms with Crippen LogP contribution in [-0.4, -0.2) is 18.3 Å². The van der Waals surface area contributed by atoms with E-state index >= 15 is 0 Å². The minimum Gasteiger partial charge on any atom is -0.465 e. The van der Waals surface area contributed by atoms with Gasteiger partial charge in [-0.05, 0) is 24.3 Å². The van der Waals surface area contributed by atoms with Gasteiger partial charge in [0.15, 0.2) is 0 Å². The predicted molar refractivity (Wildman–Crippen MR) is 63.4 cm³/mol. The Morgan fingerprint density at radius 1 is 1.40 bits per heavy atom. The van der Waals surface area contributed by atoms with Crippen LogP contribution in [0.4, 0.5) is 0 Å². The third-order valence-corrected chi connectivity index (χ3v) is 2.95. The largest absolute Gasteiger partial charge is 0.465 e. The molecular weight excluding hydrogens is 232 g/mol. The van der Waals surface area contributed by atoms with Crippen LogP contribution in [0.1, 0.15) is 13.3 Å². The number of carbonyl (C=O) groups excluding carboxylic acids is 1. The van der Waals surface area contributed by atoms with E-state index in [1.807, 2.05) is 24.3 Å². The second-order valence-corrected chi connectivity index (χ2v) is 4.48. The van der Waals surface area contributed by atoms with Crippen LogP contribution >= 0.6 is 23.4 Å². The van der Waals surface area contributed by atoms with Gasteiger partial charge >= 0.3 is 5.97 Å². The average molecular weight is 245 g/mol. The molecule has 82 valence electrons. The van der Waals surface area contributed by atoms with Crippen molar-refractivity contribution in [1.82, 2.24) is 0 Å². The molecule has 0 heterocycles. The molecule has 0 aliphatic rings. The molecule has 0 aromatic heterocycles. The van der Waals surface area contributed by atoms with Crippen molar-refractivity contribution in [2.24, 2.45) is 0 Å². The monoisotopic (exact) mass is 244 g/mol. The Kier molecular flexibility index (Phi) is 5.58. The molecule has 0 spiro atoms. The molecule has 0 fully saturated rings. The molecular formula is C11H13ClO2S. The first kappa shape index (κ1) is 12.4. The third kappa shape index (κ3) is 5.09. The van der Waals surface area contributed by atoms with E-state index in [4.69, 9.17) is 16.3 Å². The third-order valence-electron chi connectivity index (χ3n) is 1.72. The van der Waals surface area contributed by atoms with E-state index in [9.17, 15) is 4.79 Å². The van der Waals surface area contributed by atoms with Crippen LogP contribution in [0.15, 0.2) is 29.2 Å². The van der Waals surface area contributed by atoms with Gasteiger partial charge in [-0.2, -0.15) is 0 Å². The lowest BCUT2D eigenvalue weighted by molar-refractivity contribution is -0.142. The Hall–Kier alpha value is -0.670. The van der Waals surface area contributed by atoms with Crippen molar-refractivity contribution in [3.63, 3.8) is 0 Å². The zero-order valence-corrected chi connectivity index (χ0v) is 10.1. The van der Waals surface area contributed by atoms with Gasteiger partial charge in [0, 0.05) is 22.1 Å². The second-order valence-electron chi connectivity index (χ2n) is 2.88. The fraction of sp³-hybridized carbons (Fsp3) is 0.364. The summed E-state index contributed by atoms with van der Waals surface area (Å²) in [5, 5.41) is 0.733. The highest BCUT2D eigenvalue weighted by Gasteiger charge is 1.98. The van der Waals surface area contributed by atoms with E-state index in [0.717, 1.165) is 15.7 Å². The lowest BCUT2D eigenvalue weighted by Crippen LogP contribution is -2.05. The van der Waals surface area contributed by atoms with Gasteiger partial charge in [0.2, 0.25) is 0 Å². The number of benzene rings is 1. The first-order chi connectivity index (χ1) is 7.22. The summed E-state index contributed by atoms with van der Waals surface area (Å²) in [4.78, 5) is 12.0. The van der Waals surface area contributed by atoms with Crippen LogP contribution in [0, 0.1) is 0 Å². The molecule has 1 aromatic carbocycles. The van der Waals surface area contributed by atoms with Gasteiger partial charge in [0.1, 0.15) is 6.61 Å². The molecule has 0 atom stereocenters. The number of thioether (sulfide) groups is 1. The molecule has 0 bridgehead atoms. The van der Waals surface area contributed by atoms with Crippen LogP contribution in [-0.2, 0) is 9.53 Å². The summed E-state index contributed by atoms with van der Waals surface area (Å²) in [5.41, 5.74) is 0. The Morgan fingerprint density at radius 3 is 2.67 bits per heavy atom. The lowest BCUT2D eigenvalue weighted by atomic mass is 10.4. The number of hydrogen-bond acceptors (Lipinski definition) is 3. The number of carbonyl (C=O) groups is 1. The van der Waals surface area contributed by atoms with Crippen molar-refractivity contribution in [3.05, 3.63) is 29.3 Å². The number of halogens is 1. The summed E-state index contributed by atoms with van der Waals surface area (Å²) in [5.74, 6) is 0.625. The van der Waals surface area contributed by atoms with Gasteiger partial charge in [-0.3, -0.25) is 4.79 Å². The fourth-order valence-corrected chi connectivity index (χ4v) is 1.80. The first-order valence-electron chi connectivity index (χ1n) is 4.76. The first-order valence-corrected chi connectivity index (χ1v) is 6.12. The molecule has 15 heavy (non-hydrogen) atoms. The van der Waals surface area contributed by atoms with E-state index in [1.165, 1.54) is 0 Å². The normalized spacial score (nSPS) is 10.0. The highest BCUT2D eigenvalue weighted by Crippen LogP contribution is 2.19. The number of hydrogen-bond donors (Lipinski definition) is 0. The van der Waals surface area contributed by atoms with Gasteiger partial charge in [0.05, 0.1) is 0 Å². The Balaban J connectivity index is 2.20. The van der Waals surface area contributed by atoms with Crippen molar-refractivity contribution in [3.8, 4) is 0 Å². The lowest BCUT2D eigenvalue weighted by Gasteiger charge is -2.03. The quantitative estimate of drug-likeness (QED) is 0.451. The molecule has 0 amide bonds. The molecule has 0 aliphatic carbocycles. The highest BCUT2D eigenvalue weighted by atomic mass is 35.5. The molecule has 0 aliphatic heterocycles. The number of rotatable bonds is 5. The number of esters is 1. The van der Waals surface area contributed by atoms with E-state index in [2.05, 4.69) is 0 Å². The Morgan fingerprint density at radius 2 is 2.07 bits per heavy atom. The summed E-state index contributed by atoms with van der Waals surface area (Å²) in [7, 11) is 0. The fourth-order valence-electron chi connectivity index (χ4n) is 0.948. The van der Waals surface area contributed by atoms with Gasteiger partial charge in [-0.15, -0.1) is 11.8 Å². The van der Waals surface area contributed by atoms with Crippen molar-refractivity contribution < 1.29 is 9.53 Å². The van der Waals surface area contributed by atoms with Crippen LogP contribution in [0.25, 0.3) is 0 Å². The standard InChI is InChI=1S/C11H13ClO2S/c1-2-11(13)14-7-8-15-10-5-3-9(12)4-6-10/h3-6H,2,7-8H2,1H3. The van der Waals surface area contributed by atoms with E-state index in [-0.39, 0.29) is 5.97 Å². The molecule has 4 heteroatoms. The molecule has 0 unspecified atom stereocenters. The predicted octanol–water partition coefficient (Wildman–Crippen LogP) is 3.39. The molecule has 0 radical (unpaired) electrons. The van der Waals surface area contributed by atoms with Gasteiger partial charge in [-0.25, -0.2) is 0 Å². The molecule has 0 saturated heterocycles. The zero-order valence-electron chi connectivity index (χ0n) is 8.53. The van der Waals surface area contributed by atoms with Crippen molar-refractivity contribution >= 4 is 29.3 Å². The molecule has 1 rings (SSSR count).